The van der Waals surface area contributed by atoms with Gasteiger partial charge in [-0.2, -0.15) is 12.7 Å². The summed E-state index contributed by atoms with van der Waals surface area (Å²) in [5, 5.41) is 2.67. The standard InChI is InChI=1S/C27H32N4O4S/c1-28-27(33)25(19-22-13-7-4-8-14-22)30(20-23-15-9-5-10-16-23)26(32)21-31(36(34,35)29(2)3)24-17-11-6-12-18-24/h4-18,25H,19-21H2,1-3H3,(H,28,33)/t25-/m0/s1. The number of hydrogen-bond donors (Lipinski definition) is 1. The third kappa shape index (κ3) is 6.71. The molecule has 0 fully saturated rings. The molecule has 0 aliphatic heterocycles. The Balaban J connectivity index is 2.03. The normalized spacial score (nSPS) is 12.1. The SMILES string of the molecule is CNC(=O)[C@H](Cc1ccccc1)N(Cc1ccccc1)C(=O)CN(c1ccccc1)S(=O)(=O)N(C)C. The molecule has 36 heavy (non-hydrogen) atoms. The van der Waals surface area contributed by atoms with E-state index < -0.39 is 28.7 Å². The van der Waals surface area contributed by atoms with Gasteiger partial charge >= 0.3 is 10.2 Å². The van der Waals surface area contributed by atoms with E-state index >= 15 is 0 Å². The van der Waals surface area contributed by atoms with E-state index in [1.807, 2.05) is 60.7 Å². The minimum Gasteiger partial charge on any atom is -0.357 e. The van der Waals surface area contributed by atoms with Crippen molar-refractivity contribution in [3.8, 4) is 0 Å². The largest absolute Gasteiger partial charge is 0.357 e. The number of para-hydroxylation sites is 1. The van der Waals surface area contributed by atoms with E-state index in [1.165, 1.54) is 26.0 Å². The number of amides is 2. The second kappa shape index (κ2) is 12.3. The molecule has 1 N–H and O–H groups in total. The van der Waals surface area contributed by atoms with Crippen LogP contribution in [-0.2, 0) is 32.8 Å². The number of nitrogens with zero attached hydrogens (tertiary/aromatic N) is 3. The van der Waals surface area contributed by atoms with Gasteiger partial charge < -0.3 is 10.2 Å². The Morgan fingerprint density at radius 2 is 1.31 bits per heavy atom. The zero-order valence-corrected chi connectivity index (χ0v) is 21.6. The fourth-order valence-corrected chi connectivity index (χ4v) is 4.87. The fourth-order valence-electron chi connectivity index (χ4n) is 3.81. The summed E-state index contributed by atoms with van der Waals surface area (Å²) in [5.41, 5.74) is 2.08. The van der Waals surface area contributed by atoms with Gasteiger partial charge in [0.15, 0.2) is 0 Å². The van der Waals surface area contributed by atoms with Gasteiger partial charge in [-0.05, 0) is 23.3 Å². The van der Waals surface area contributed by atoms with Gasteiger partial charge in [-0.1, -0.05) is 78.9 Å². The summed E-state index contributed by atoms with van der Waals surface area (Å²) in [6, 6.07) is 26.4. The lowest BCUT2D eigenvalue weighted by atomic mass is 10.0. The van der Waals surface area contributed by atoms with Crippen molar-refractivity contribution in [3.05, 3.63) is 102 Å². The molecule has 0 aromatic heterocycles. The number of hydrogen-bond acceptors (Lipinski definition) is 4. The molecule has 3 aromatic carbocycles. The highest BCUT2D eigenvalue weighted by Gasteiger charge is 2.34. The fraction of sp³-hybridized carbons (Fsp3) is 0.259. The summed E-state index contributed by atoms with van der Waals surface area (Å²) in [5.74, 6) is -0.817. The third-order valence-electron chi connectivity index (χ3n) is 5.78. The molecule has 3 rings (SSSR count). The Morgan fingerprint density at radius 3 is 1.81 bits per heavy atom. The lowest BCUT2D eigenvalue weighted by Gasteiger charge is -2.34. The molecule has 190 valence electrons. The molecule has 8 nitrogen and oxygen atoms in total. The highest BCUT2D eigenvalue weighted by molar-refractivity contribution is 7.90. The molecule has 0 heterocycles. The van der Waals surface area contributed by atoms with Crippen molar-refractivity contribution < 1.29 is 18.0 Å². The summed E-state index contributed by atoms with van der Waals surface area (Å²) >= 11 is 0. The molecule has 0 saturated carbocycles. The van der Waals surface area contributed by atoms with Gasteiger partial charge in [-0.3, -0.25) is 9.59 Å². The van der Waals surface area contributed by atoms with Gasteiger partial charge in [0.2, 0.25) is 11.8 Å². The number of carbonyl (C=O) groups excluding carboxylic acids is 2. The van der Waals surface area contributed by atoms with E-state index in [9.17, 15) is 18.0 Å². The third-order valence-corrected chi connectivity index (χ3v) is 7.60. The predicted molar refractivity (Wildman–Crippen MR) is 141 cm³/mol. The van der Waals surface area contributed by atoms with E-state index in [4.69, 9.17) is 0 Å². The molecule has 1 atom stereocenters. The molecule has 0 aliphatic carbocycles. The zero-order chi connectivity index (χ0) is 26.1. The molecule has 3 aromatic rings. The molecule has 0 spiro atoms. The first-order valence-corrected chi connectivity index (χ1v) is 13.0. The minimum atomic E-state index is -3.99. The summed E-state index contributed by atoms with van der Waals surface area (Å²) in [6.07, 6.45) is 0.283. The minimum absolute atomic E-state index is 0.148. The number of rotatable bonds is 11. The maximum atomic E-state index is 13.9. The summed E-state index contributed by atoms with van der Waals surface area (Å²) < 4.78 is 28.5. The number of carbonyl (C=O) groups is 2. The van der Waals surface area contributed by atoms with Crippen LogP contribution in [0, 0.1) is 0 Å². The van der Waals surface area contributed by atoms with E-state index in [0.29, 0.717) is 5.69 Å². The van der Waals surface area contributed by atoms with E-state index in [0.717, 1.165) is 19.7 Å². The highest BCUT2D eigenvalue weighted by Crippen LogP contribution is 2.21. The molecular weight excluding hydrogens is 476 g/mol. The maximum Gasteiger partial charge on any atom is 0.304 e. The Morgan fingerprint density at radius 1 is 0.806 bits per heavy atom. The first-order valence-electron chi connectivity index (χ1n) is 11.6. The van der Waals surface area contributed by atoms with E-state index in [1.54, 1.807) is 30.3 Å². The number of anilines is 1. The van der Waals surface area contributed by atoms with Crippen molar-refractivity contribution in [2.75, 3.05) is 32.0 Å². The van der Waals surface area contributed by atoms with Crippen molar-refractivity contribution in [2.45, 2.75) is 19.0 Å². The average Bonchev–Trinajstić information content (AvgIpc) is 2.90. The summed E-state index contributed by atoms with van der Waals surface area (Å²) in [7, 11) is 0.375. The van der Waals surface area contributed by atoms with Gasteiger partial charge in [0, 0.05) is 34.1 Å². The monoisotopic (exact) mass is 508 g/mol. The van der Waals surface area contributed by atoms with Gasteiger partial charge in [0.1, 0.15) is 12.6 Å². The smallest absolute Gasteiger partial charge is 0.304 e. The molecule has 0 bridgehead atoms. The second-order valence-corrected chi connectivity index (χ2v) is 10.5. The summed E-state index contributed by atoms with van der Waals surface area (Å²) in [6.45, 7) is -0.311. The van der Waals surface area contributed by atoms with Crippen LogP contribution in [0.2, 0.25) is 0 Å². The Kier molecular flexibility index (Phi) is 9.21. The molecular formula is C27H32N4O4S. The van der Waals surface area contributed by atoms with Gasteiger partial charge in [0.05, 0.1) is 5.69 Å². The Hall–Kier alpha value is -3.69. The number of likely N-dealkylation sites (N-methyl/N-ethyl adjacent to an activating group) is 1. The van der Waals surface area contributed by atoms with Crippen molar-refractivity contribution in [2.24, 2.45) is 0 Å². The van der Waals surface area contributed by atoms with Crippen LogP contribution in [0.1, 0.15) is 11.1 Å². The average molecular weight is 509 g/mol. The molecule has 9 heteroatoms. The van der Waals surface area contributed by atoms with Crippen molar-refractivity contribution in [3.63, 3.8) is 0 Å². The quantitative estimate of drug-likeness (QED) is 0.431. The van der Waals surface area contributed by atoms with Crippen molar-refractivity contribution in [1.82, 2.24) is 14.5 Å². The topological polar surface area (TPSA) is 90.0 Å². The first-order chi connectivity index (χ1) is 17.2. The van der Waals surface area contributed by atoms with Crippen LogP contribution in [0.4, 0.5) is 5.69 Å². The van der Waals surface area contributed by atoms with Crippen LogP contribution in [-0.4, -0.2) is 63.2 Å². The van der Waals surface area contributed by atoms with Gasteiger partial charge in [-0.25, -0.2) is 4.31 Å². The first kappa shape index (κ1) is 26.9. The lowest BCUT2D eigenvalue weighted by Crippen LogP contribution is -2.53. The second-order valence-electron chi connectivity index (χ2n) is 8.46. The molecule has 0 unspecified atom stereocenters. The van der Waals surface area contributed by atoms with Crippen LogP contribution in [0.5, 0.6) is 0 Å². The highest BCUT2D eigenvalue weighted by atomic mass is 32.2. The van der Waals surface area contributed by atoms with Crippen molar-refractivity contribution in [1.29, 1.82) is 0 Å². The van der Waals surface area contributed by atoms with Crippen molar-refractivity contribution >= 4 is 27.7 Å². The summed E-state index contributed by atoms with van der Waals surface area (Å²) in [4.78, 5) is 28.4. The van der Waals surface area contributed by atoms with Crippen LogP contribution in [0.25, 0.3) is 0 Å². The molecule has 2 amide bonds. The van der Waals surface area contributed by atoms with Crippen LogP contribution < -0.4 is 9.62 Å². The zero-order valence-electron chi connectivity index (χ0n) is 20.7. The van der Waals surface area contributed by atoms with Gasteiger partial charge in [-0.15, -0.1) is 0 Å². The number of benzene rings is 3. The Bertz CT molecular complexity index is 1240. The maximum absolute atomic E-state index is 13.9. The van der Waals surface area contributed by atoms with Crippen LogP contribution in [0.15, 0.2) is 91.0 Å². The van der Waals surface area contributed by atoms with Crippen LogP contribution >= 0.6 is 0 Å². The van der Waals surface area contributed by atoms with Gasteiger partial charge in [0.25, 0.3) is 0 Å². The Labute approximate surface area is 213 Å². The van der Waals surface area contributed by atoms with E-state index in [-0.39, 0.29) is 18.9 Å². The van der Waals surface area contributed by atoms with E-state index in [2.05, 4.69) is 5.32 Å². The molecule has 0 aliphatic rings. The van der Waals surface area contributed by atoms with Crippen LogP contribution in [0.3, 0.4) is 0 Å². The molecule has 0 radical (unpaired) electrons. The number of nitrogens with one attached hydrogen (secondary N) is 1. The molecule has 0 saturated heterocycles. The lowest BCUT2D eigenvalue weighted by molar-refractivity contribution is -0.139. The predicted octanol–water partition coefficient (Wildman–Crippen LogP) is 2.69.